The number of imide groups is 1. The van der Waals surface area contributed by atoms with E-state index in [1.807, 2.05) is 0 Å². The molecule has 11 heteroatoms. The number of carbonyl (C=O) groups excluding carboxylic acids is 2. The van der Waals surface area contributed by atoms with Crippen molar-refractivity contribution in [2.24, 2.45) is 29.6 Å². The molecule has 2 amide bonds. The first kappa shape index (κ1) is 21.9. The van der Waals surface area contributed by atoms with Gasteiger partial charge in [0.25, 0.3) is 5.69 Å². The number of benzene rings is 2. The van der Waals surface area contributed by atoms with Gasteiger partial charge in [-0.1, -0.05) is 23.5 Å². The number of carbonyl (C=O) groups is 2. The maximum absolute atomic E-state index is 13.7. The first-order chi connectivity index (χ1) is 17.3. The van der Waals surface area contributed by atoms with Gasteiger partial charge in [-0.15, -0.1) is 11.8 Å². The summed E-state index contributed by atoms with van der Waals surface area (Å²) in [6.07, 6.45) is 0.750. The molecule has 3 heterocycles. The van der Waals surface area contributed by atoms with Gasteiger partial charge in [-0.25, -0.2) is 4.39 Å². The number of non-ortho nitro benzene ring substituents is 1. The Labute approximate surface area is 211 Å². The molecule has 7 atom stereocenters. The first-order valence-electron chi connectivity index (χ1n) is 11.6. The van der Waals surface area contributed by atoms with Crippen LogP contribution >= 0.6 is 23.1 Å². The number of amides is 2. The third-order valence-electron chi connectivity index (χ3n) is 8.27. The molecule has 0 unspecified atom stereocenters. The van der Waals surface area contributed by atoms with Crippen LogP contribution in [0.5, 0.6) is 0 Å². The molecule has 7 rings (SSSR count). The maximum Gasteiger partial charge on any atom is 0.305 e. The number of aromatic nitrogens is 1. The number of fused-ring (bicyclic) bond motifs is 9. The van der Waals surface area contributed by atoms with E-state index >= 15 is 0 Å². The summed E-state index contributed by atoms with van der Waals surface area (Å²) < 4.78 is 13.7. The fourth-order valence-electron chi connectivity index (χ4n) is 7.04. The van der Waals surface area contributed by atoms with Crippen molar-refractivity contribution in [2.45, 2.75) is 22.6 Å². The fourth-order valence-corrected chi connectivity index (χ4v) is 9.93. The fraction of sp³-hybridized carbons (Fsp3) is 0.320. The van der Waals surface area contributed by atoms with Gasteiger partial charge in [-0.05, 0) is 54.0 Å². The average Bonchev–Trinajstić information content (AvgIpc) is 3.58. The van der Waals surface area contributed by atoms with E-state index in [1.165, 1.54) is 41.3 Å². The van der Waals surface area contributed by atoms with Crippen molar-refractivity contribution in [3.63, 3.8) is 0 Å². The highest BCUT2D eigenvalue weighted by atomic mass is 32.2. The van der Waals surface area contributed by atoms with Gasteiger partial charge in [0.15, 0.2) is 0 Å². The van der Waals surface area contributed by atoms with E-state index in [-0.39, 0.29) is 57.1 Å². The zero-order valence-electron chi connectivity index (χ0n) is 18.5. The minimum absolute atomic E-state index is 0.0271. The predicted octanol–water partition coefficient (Wildman–Crippen LogP) is 4.16. The molecule has 36 heavy (non-hydrogen) atoms. The summed E-state index contributed by atoms with van der Waals surface area (Å²) in [5.74, 6) is -2.01. The topological polar surface area (TPSA) is 113 Å². The van der Waals surface area contributed by atoms with Gasteiger partial charge in [0.2, 0.25) is 11.8 Å². The molecular formula is C25H18FN3O5S2. The monoisotopic (exact) mass is 523 g/mol. The smallest absolute Gasteiger partial charge is 0.305 e. The molecule has 2 aliphatic carbocycles. The van der Waals surface area contributed by atoms with Crippen LogP contribution in [0, 0.1) is 45.5 Å². The van der Waals surface area contributed by atoms with Crippen LogP contribution in [0.2, 0.25) is 0 Å². The lowest BCUT2D eigenvalue weighted by Gasteiger charge is -2.43. The lowest BCUT2D eigenvalue weighted by Crippen LogP contribution is -2.42. The summed E-state index contributed by atoms with van der Waals surface area (Å²) in [6, 6.07) is 11.8. The van der Waals surface area contributed by atoms with E-state index in [4.69, 9.17) is 0 Å². The van der Waals surface area contributed by atoms with Gasteiger partial charge in [0.1, 0.15) is 5.82 Å². The van der Waals surface area contributed by atoms with Crippen LogP contribution in [0.3, 0.4) is 0 Å². The number of nitro groups is 1. The van der Waals surface area contributed by atoms with E-state index in [2.05, 4.69) is 4.98 Å². The summed E-state index contributed by atoms with van der Waals surface area (Å²) in [7, 11) is 0. The second-order valence-electron chi connectivity index (χ2n) is 9.80. The summed E-state index contributed by atoms with van der Waals surface area (Å²) in [5, 5.41) is 11.9. The molecule has 0 radical (unpaired) electrons. The zero-order chi connectivity index (χ0) is 24.9. The highest BCUT2D eigenvalue weighted by Crippen LogP contribution is 2.68. The highest BCUT2D eigenvalue weighted by molar-refractivity contribution is 8.00. The minimum Gasteiger partial charge on any atom is -0.307 e. The molecule has 4 aliphatic rings. The number of hydrogen-bond donors (Lipinski definition) is 1. The summed E-state index contributed by atoms with van der Waals surface area (Å²) >= 11 is 2.75. The van der Waals surface area contributed by atoms with E-state index in [1.54, 1.807) is 23.9 Å². The number of rotatable bonds is 3. The Hall–Kier alpha value is -3.31. The lowest BCUT2D eigenvalue weighted by molar-refractivity contribution is -0.384. The third-order valence-corrected chi connectivity index (χ3v) is 10.9. The normalized spacial score (nSPS) is 31.9. The van der Waals surface area contributed by atoms with Gasteiger partial charge in [0, 0.05) is 28.2 Å². The number of nitrogens with zero attached hydrogens (tertiary/aromatic N) is 2. The van der Waals surface area contributed by atoms with Crippen molar-refractivity contribution in [3.8, 4) is 0 Å². The Balaban J connectivity index is 1.29. The average molecular weight is 524 g/mol. The number of thioether (sulfide) groups is 1. The molecule has 3 aromatic rings. The van der Waals surface area contributed by atoms with Gasteiger partial charge >= 0.3 is 4.87 Å². The van der Waals surface area contributed by atoms with Crippen LogP contribution in [-0.4, -0.2) is 27.0 Å². The summed E-state index contributed by atoms with van der Waals surface area (Å²) in [6.45, 7) is 0. The SMILES string of the molecule is O=C1[C@H]2[C@H]3C[C@@H]([C@@H]2C(=O)N1c1ccc([N+](=O)[O-])cc1)[C@H]1[C@H](c2ccc(F)cc2)c2sc(=O)[nH]c2S[C@H]31. The molecule has 2 bridgehead atoms. The molecule has 1 saturated heterocycles. The molecule has 1 aromatic heterocycles. The van der Waals surface area contributed by atoms with Crippen LogP contribution in [0.4, 0.5) is 15.8 Å². The number of hydrogen-bond acceptors (Lipinski definition) is 7. The van der Waals surface area contributed by atoms with Crippen molar-refractivity contribution in [1.82, 2.24) is 4.98 Å². The van der Waals surface area contributed by atoms with Crippen LogP contribution in [0.1, 0.15) is 22.8 Å². The van der Waals surface area contributed by atoms with E-state index in [0.717, 1.165) is 33.2 Å². The molecule has 182 valence electrons. The van der Waals surface area contributed by atoms with Crippen LogP contribution in [0.25, 0.3) is 0 Å². The standard InChI is InChI=1S/C25H18FN3O5S2/c26-11-3-1-10(2-4-11)16-17-14-9-15(20(17)35-22-21(16)36-25(32)27-22)19-18(14)23(30)28(24(19)31)12-5-7-13(8-6-12)29(33)34/h1-8,14-20H,9H2,(H,27,32)/t14-,15-,16+,17+,18+,19+,20-/m1/s1. The van der Waals surface area contributed by atoms with Crippen molar-refractivity contribution in [1.29, 1.82) is 0 Å². The molecule has 1 N–H and O–H groups in total. The number of nitro benzene ring substituents is 1. The summed E-state index contributed by atoms with van der Waals surface area (Å²) in [5.41, 5.74) is 1.14. The lowest BCUT2D eigenvalue weighted by atomic mass is 9.68. The van der Waals surface area contributed by atoms with Crippen LogP contribution < -0.4 is 9.77 Å². The second-order valence-corrected chi connectivity index (χ2v) is 12.0. The largest absolute Gasteiger partial charge is 0.307 e. The molecule has 2 aromatic carbocycles. The molecular weight excluding hydrogens is 505 g/mol. The quantitative estimate of drug-likeness (QED) is 0.313. The Morgan fingerprint density at radius 2 is 1.64 bits per heavy atom. The number of nitrogens with one attached hydrogen (secondary N) is 1. The van der Waals surface area contributed by atoms with Gasteiger partial charge in [0.05, 0.1) is 27.5 Å². The van der Waals surface area contributed by atoms with E-state index in [0.29, 0.717) is 5.69 Å². The number of halogens is 1. The second kappa shape index (κ2) is 7.59. The third kappa shape index (κ3) is 2.89. The molecule has 2 saturated carbocycles. The maximum atomic E-state index is 13.7. The van der Waals surface area contributed by atoms with E-state index < -0.39 is 16.8 Å². The van der Waals surface area contributed by atoms with Gasteiger partial charge in [-0.3, -0.25) is 29.4 Å². The van der Waals surface area contributed by atoms with E-state index in [9.17, 15) is 28.9 Å². The van der Waals surface area contributed by atoms with Crippen LogP contribution in [-0.2, 0) is 9.59 Å². The van der Waals surface area contributed by atoms with Crippen LogP contribution in [0.15, 0.2) is 58.4 Å². The van der Waals surface area contributed by atoms with Crippen molar-refractivity contribution in [3.05, 3.63) is 84.6 Å². The van der Waals surface area contributed by atoms with Crippen molar-refractivity contribution in [2.75, 3.05) is 4.90 Å². The number of anilines is 1. The first-order valence-corrected chi connectivity index (χ1v) is 13.3. The molecule has 3 fully saturated rings. The van der Waals surface area contributed by atoms with Crippen molar-refractivity contribution < 1.29 is 18.9 Å². The summed E-state index contributed by atoms with van der Waals surface area (Å²) in [4.78, 5) is 55.0. The number of thiazole rings is 1. The highest BCUT2D eigenvalue weighted by Gasteiger charge is 2.69. The Bertz CT molecular complexity index is 1500. The minimum atomic E-state index is -0.521. The van der Waals surface area contributed by atoms with Gasteiger partial charge < -0.3 is 4.98 Å². The Morgan fingerprint density at radius 3 is 2.31 bits per heavy atom. The van der Waals surface area contributed by atoms with Gasteiger partial charge in [-0.2, -0.15) is 0 Å². The number of H-pyrrole nitrogens is 1. The number of aromatic amines is 1. The Morgan fingerprint density at radius 1 is 0.972 bits per heavy atom. The molecule has 0 spiro atoms. The zero-order valence-corrected chi connectivity index (χ0v) is 20.1. The predicted molar refractivity (Wildman–Crippen MR) is 130 cm³/mol. The molecule has 8 nitrogen and oxygen atoms in total. The molecule has 2 aliphatic heterocycles. The Kier molecular flexibility index (Phi) is 4.63. The van der Waals surface area contributed by atoms with Crippen molar-refractivity contribution >= 4 is 46.3 Å².